The number of rotatable bonds is 6. The van der Waals surface area contributed by atoms with Gasteiger partial charge in [0.25, 0.3) is 0 Å². The SMILES string of the molecule is CC(CO)NC(=O)CCc1nc(C2CCCC2)no1. The molecule has 2 N–H and O–H groups in total. The van der Waals surface area contributed by atoms with Gasteiger partial charge >= 0.3 is 0 Å². The Balaban J connectivity index is 1.78. The molecule has 6 heteroatoms. The highest BCUT2D eigenvalue weighted by Gasteiger charge is 2.22. The first-order chi connectivity index (χ1) is 9.19. The van der Waals surface area contributed by atoms with Gasteiger partial charge in [0, 0.05) is 24.8 Å². The lowest BCUT2D eigenvalue weighted by atomic mass is 10.1. The van der Waals surface area contributed by atoms with Gasteiger partial charge in [0.05, 0.1) is 6.61 Å². The molecule has 1 saturated carbocycles. The highest BCUT2D eigenvalue weighted by molar-refractivity contribution is 5.76. The number of hydrogen-bond donors (Lipinski definition) is 2. The van der Waals surface area contributed by atoms with E-state index in [4.69, 9.17) is 9.63 Å². The van der Waals surface area contributed by atoms with Crippen molar-refractivity contribution in [2.75, 3.05) is 6.61 Å². The molecule has 0 aliphatic heterocycles. The number of hydrogen-bond acceptors (Lipinski definition) is 5. The van der Waals surface area contributed by atoms with E-state index in [1.54, 1.807) is 6.92 Å². The molecule has 1 heterocycles. The summed E-state index contributed by atoms with van der Waals surface area (Å²) in [6, 6.07) is -0.218. The molecule has 1 aromatic heterocycles. The first-order valence-corrected chi connectivity index (χ1v) is 6.91. The molecule has 19 heavy (non-hydrogen) atoms. The van der Waals surface area contributed by atoms with Crippen molar-refractivity contribution >= 4 is 5.91 Å². The van der Waals surface area contributed by atoms with Crippen molar-refractivity contribution in [3.8, 4) is 0 Å². The van der Waals surface area contributed by atoms with Gasteiger partial charge in [-0.1, -0.05) is 18.0 Å². The van der Waals surface area contributed by atoms with Gasteiger partial charge in [-0.2, -0.15) is 4.98 Å². The standard InChI is InChI=1S/C13H21N3O3/c1-9(8-17)14-11(18)6-7-12-15-13(16-19-12)10-4-2-3-5-10/h9-10,17H,2-8H2,1H3,(H,14,18). The molecule has 6 nitrogen and oxygen atoms in total. The van der Waals surface area contributed by atoms with Crippen molar-refractivity contribution in [3.63, 3.8) is 0 Å². The number of aryl methyl sites for hydroxylation is 1. The van der Waals surface area contributed by atoms with E-state index in [9.17, 15) is 4.79 Å². The van der Waals surface area contributed by atoms with Crippen LogP contribution in [-0.4, -0.2) is 33.8 Å². The highest BCUT2D eigenvalue weighted by atomic mass is 16.5. The Morgan fingerprint density at radius 3 is 2.95 bits per heavy atom. The molecule has 0 bridgehead atoms. The maximum absolute atomic E-state index is 11.5. The summed E-state index contributed by atoms with van der Waals surface area (Å²) in [7, 11) is 0. The van der Waals surface area contributed by atoms with Gasteiger partial charge < -0.3 is 14.9 Å². The number of aliphatic hydroxyl groups excluding tert-OH is 1. The molecule has 0 aromatic carbocycles. The van der Waals surface area contributed by atoms with Gasteiger partial charge in [-0.05, 0) is 19.8 Å². The molecule has 1 atom stereocenters. The first kappa shape index (κ1) is 14.0. The van der Waals surface area contributed by atoms with Crippen molar-refractivity contribution in [1.82, 2.24) is 15.5 Å². The molecular weight excluding hydrogens is 246 g/mol. The topological polar surface area (TPSA) is 88.2 Å². The lowest BCUT2D eigenvalue weighted by Crippen LogP contribution is -2.35. The molecule has 0 radical (unpaired) electrons. The Kier molecular flexibility index (Phi) is 4.90. The maximum Gasteiger partial charge on any atom is 0.227 e. The van der Waals surface area contributed by atoms with Gasteiger partial charge in [-0.3, -0.25) is 4.79 Å². The van der Waals surface area contributed by atoms with E-state index >= 15 is 0 Å². The third kappa shape index (κ3) is 4.02. The fourth-order valence-corrected chi connectivity index (χ4v) is 2.33. The lowest BCUT2D eigenvalue weighted by Gasteiger charge is -2.09. The molecule has 0 saturated heterocycles. The third-order valence-electron chi connectivity index (χ3n) is 3.45. The monoisotopic (exact) mass is 267 g/mol. The van der Waals surface area contributed by atoms with Gasteiger partial charge in [-0.15, -0.1) is 0 Å². The highest BCUT2D eigenvalue weighted by Crippen LogP contribution is 2.32. The van der Waals surface area contributed by atoms with E-state index in [1.807, 2.05) is 0 Å². The molecule has 1 amide bonds. The number of carbonyl (C=O) groups excluding carboxylic acids is 1. The minimum Gasteiger partial charge on any atom is -0.394 e. The van der Waals surface area contributed by atoms with E-state index < -0.39 is 0 Å². The van der Waals surface area contributed by atoms with E-state index in [0.717, 1.165) is 18.7 Å². The number of aliphatic hydroxyl groups is 1. The van der Waals surface area contributed by atoms with E-state index in [0.29, 0.717) is 24.7 Å². The quantitative estimate of drug-likeness (QED) is 0.807. The van der Waals surface area contributed by atoms with Crippen LogP contribution in [0.1, 0.15) is 56.7 Å². The molecular formula is C13H21N3O3. The Bertz CT molecular complexity index is 413. The van der Waals surface area contributed by atoms with Crippen LogP contribution < -0.4 is 5.32 Å². The van der Waals surface area contributed by atoms with Crippen LogP contribution in [-0.2, 0) is 11.2 Å². The van der Waals surface area contributed by atoms with Crippen LogP contribution in [0.15, 0.2) is 4.52 Å². The zero-order valence-electron chi connectivity index (χ0n) is 11.3. The van der Waals surface area contributed by atoms with Crippen molar-refractivity contribution in [2.45, 2.75) is 57.4 Å². The van der Waals surface area contributed by atoms with Crippen LogP contribution in [0.3, 0.4) is 0 Å². The predicted molar refractivity (Wildman–Crippen MR) is 68.5 cm³/mol. The maximum atomic E-state index is 11.5. The second-order valence-corrected chi connectivity index (χ2v) is 5.18. The van der Waals surface area contributed by atoms with E-state index in [2.05, 4.69) is 15.5 Å². The van der Waals surface area contributed by atoms with Gasteiger partial charge in [0.2, 0.25) is 11.8 Å². The summed E-state index contributed by atoms with van der Waals surface area (Å²) in [5.74, 6) is 1.63. The number of nitrogens with zero attached hydrogens (tertiary/aromatic N) is 2. The molecule has 1 aromatic rings. The second kappa shape index (κ2) is 6.65. The molecule has 1 fully saturated rings. The summed E-state index contributed by atoms with van der Waals surface area (Å²) >= 11 is 0. The largest absolute Gasteiger partial charge is 0.394 e. The molecule has 1 aliphatic rings. The van der Waals surface area contributed by atoms with Crippen LogP contribution in [0.5, 0.6) is 0 Å². The zero-order chi connectivity index (χ0) is 13.7. The summed E-state index contributed by atoms with van der Waals surface area (Å²) in [6.07, 6.45) is 5.48. The Morgan fingerprint density at radius 1 is 1.53 bits per heavy atom. The second-order valence-electron chi connectivity index (χ2n) is 5.18. The summed E-state index contributed by atoms with van der Waals surface area (Å²) in [6.45, 7) is 1.70. The fraction of sp³-hybridized carbons (Fsp3) is 0.769. The number of amides is 1. The average Bonchev–Trinajstić information content (AvgIpc) is 3.06. The van der Waals surface area contributed by atoms with Crippen LogP contribution in [0.2, 0.25) is 0 Å². The Labute approximate surface area is 112 Å². The van der Waals surface area contributed by atoms with Crippen molar-refractivity contribution < 1.29 is 14.4 Å². The van der Waals surface area contributed by atoms with Crippen molar-refractivity contribution in [2.24, 2.45) is 0 Å². The number of aromatic nitrogens is 2. The Hall–Kier alpha value is -1.43. The summed E-state index contributed by atoms with van der Waals surface area (Å²) < 4.78 is 5.17. The molecule has 106 valence electrons. The van der Waals surface area contributed by atoms with Gasteiger partial charge in [0.15, 0.2) is 5.82 Å². The number of nitrogens with one attached hydrogen (secondary N) is 1. The lowest BCUT2D eigenvalue weighted by molar-refractivity contribution is -0.122. The van der Waals surface area contributed by atoms with Crippen LogP contribution in [0.25, 0.3) is 0 Å². The molecule has 1 unspecified atom stereocenters. The third-order valence-corrected chi connectivity index (χ3v) is 3.45. The van der Waals surface area contributed by atoms with Crippen molar-refractivity contribution in [3.05, 3.63) is 11.7 Å². The first-order valence-electron chi connectivity index (χ1n) is 6.91. The van der Waals surface area contributed by atoms with Crippen LogP contribution in [0, 0.1) is 0 Å². The zero-order valence-corrected chi connectivity index (χ0v) is 11.3. The summed E-state index contributed by atoms with van der Waals surface area (Å²) in [4.78, 5) is 15.9. The van der Waals surface area contributed by atoms with Crippen LogP contribution in [0.4, 0.5) is 0 Å². The number of carbonyl (C=O) groups is 1. The smallest absolute Gasteiger partial charge is 0.227 e. The van der Waals surface area contributed by atoms with Gasteiger partial charge in [-0.25, -0.2) is 0 Å². The molecule has 0 spiro atoms. The normalized spacial score (nSPS) is 17.6. The molecule has 1 aliphatic carbocycles. The summed E-state index contributed by atoms with van der Waals surface area (Å²) in [5, 5.41) is 15.5. The summed E-state index contributed by atoms with van der Waals surface area (Å²) in [5.41, 5.74) is 0. The average molecular weight is 267 g/mol. The van der Waals surface area contributed by atoms with E-state index in [1.165, 1.54) is 12.8 Å². The predicted octanol–water partition coefficient (Wildman–Crippen LogP) is 1.16. The minimum absolute atomic E-state index is 0.0574. The van der Waals surface area contributed by atoms with Gasteiger partial charge in [0.1, 0.15) is 0 Å². The minimum atomic E-state index is -0.218. The Morgan fingerprint density at radius 2 is 2.26 bits per heavy atom. The van der Waals surface area contributed by atoms with E-state index in [-0.39, 0.29) is 18.6 Å². The van der Waals surface area contributed by atoms with Crippen molar-refractivity contribution in [1.29, 1.82) is 0 Å². The molecule has 2 rings (SSSR count). The van der Waals surface area contributed by atoms with Crippen LogP contribution >= 0.6 is 0 Å². The fourth-order valence-electron chi connectivity index (χ4n) is 2.33.